The number of alkyl halides is 5. The largest absolute Gasteiger partial charge is 0.416 e. The van der Waals surface area contributed by atoms with Crippen LogP contribution in [0.1, 0.15) is 16.7 Å². The van der Waals surface area contributed by atoms with Crippen molar-refractivity contribution in [2.24, 2.45) is 4.99 Å². The van der Waals surface area contributed by atoms with E-state index in [0.29, 0.717) is 46.7 Å². The third-order valence-corrected chi connectivity index (χ3v) is 5.15. The molecule has 2 aromatic rings. The molecule has 1 unspecified atom stereocenters. The number of aliphatic imine (C=N–C) groups is 1. The Bertz CT molecular complexity index is 852. The minimum atomic E-state index is -4.43. The summed E-state index contributed by atoms with van der Waals surface area (Å²) in [5.41, 5.74) is 1.60. The van der Waals surface area contributed by atoms with Crippen LogP contribution < -0.4 is 4.90 Å². The molecule has 0 saturated carbocycles. The first-order chi connectivity index (χ1) is 12.8. The number of benzodiazepines with no additional fused rings is 1. The molecule has 0 fully saturated rings. The summed E-state index contributed by atoms with van der Waals surface area (Å²) < 4.78 is 39.5. The number of hydrogen-bond donors (Lipinski definition) is 0. The van der Waals surface area contributed by atoms with Gasteiger partial charge in [0.2, 0.25) is 0 Å². The Balaban J connectivity index is 2.17. The lowest BCUT2D eigenvalue weighted by atomic mass is 9.98. The second-order valence-corrected chi connectivity index (χ2v) is 7.24. The first kappa shape index (κ1) is 20.3. The summed E-state index contributed by atoms with van der Waals surface area (Å²) in [6.45, 7) is 0.886. The molecule has 3 rings (SSSR count). The fraction of sp³-hybridized carbons (Fsp3) is 0.316. The highest BCUT2D eigenvalue weighted by Crippen LogP contribution is 2.34. The van der Waals surface area contributed by atoms with E-state index < -0.39 is 11.7 Å². The third-order valence-electron chi connectivity index (χ3n) is 4.39. The molecule has 0 aromatic heterocycles. The predicted octanol–water partition coefficient (Wildman–Crippen LogP) is 5.86. The number of hydrogen-bond acceptors (Lipinski definition) is 2. The van der Waals surface area contributed by atoms with Crippen molar-refractivity contribution >= 4 is 46.2 Å². The summed E-state index contributed by atoms with van der Waals surface area (Å²) >= 11 is 18.3. The van der Waals surface area contributed by atoms with Gasteiger partial charge in [-0.25, -0.2) is 0 Å². The molecule has 1 heterocycles. The summed E-state index contributed by atoms with van der Waals surface area (Å²) in [6.07, 6.45) is -4.43. The number of benzene rings is 2. The van der Waals surface area contributed by atoms with E-state index in [1.807, 2.05) is 11.0 Å². The van der Waals surface area contributed by atoms with E-state index in [9.17, 15) is 13.2 Å². The van der Waals surface area contributed by atoms with Crippen molar-refractivity contribution in [3.8, 4) is 0 Å². The lowest BCUT2D eigenvalue weighted by molar-refractivity contribution is -0.137. The van der Waals surface area contributed by atoms with Gasteiger partial charge in [0.05, 0.1) is 23.9 Å². The van der Waals surface area contributed by atoms with Crippen molar-refractivity contribution in [3.05, 3.63) is 64.2 Å². The van der Waals surface area contributed by atoms with Gasteiger partial charge in [0.25, 0.3) is 0 Å². The van der Waals surface area contributed by atoms with E-state index in [2.05, 4.69) is 4.99 Å². The van der Waals surface area contributed by atoms with Crippen molar-refractivity contribution in [1.29, 1.82) is 0 Å². The molecule has 1 aliphatic heterocycles. The topological polar surface area (TPSA) is 15.6 Å². The average Bonchev–Trinajstić information content (AvgIpc) is 2.78. The van der Waals surface area contributed by atoms with Gasteiger partial charge in [-0.05, 0) is 30.3 Å². The fourth-order valence-electron chi connectivity index (χ4n) is 3.14. The van der Waals surface area contributed by atoms with Crippen molar-refractivity contribution in [1.82, 2.24) is 0 Å². The maximum Gasteiger partial charge on any atom is 0.416 e. The molecule has 0 aliphatic carbocycles. The number of rotatable bonds is 4. The Labute approximate surface area is 170 Å². The smallest absolute Gasteiger partial charge is 0.364 e. The normalized spacial score (nSPS) is 17.3. The fourth-order valence-corrected chi connectivity index (χ4v) is 3.76. The van der Waals surface area contributed by atoms with Crippen LogP contribution in [0.3, 0.4) is 0 Å². The third kappa shape index (κ3) is 4.36. The van der Waals surface area contributed by atoms with Crippen LogP contribution in [0.15, 0.2) is 47.5 Å². The zero-order chi connectivity index (χ0) is 19.6. The van der Waals surface area contributed by atoms with Gasteiger partial charge in [-0.3, -0.25) is 4.99 Å². The van der Waals surface area contributed by atoms with Crippen molar-refractivity contribution < 1.29 is 13.2 Å². The van der Waals surface area contributed by atoms with Crippen LogP contribution >= 0.6 is 34.8 Å². The Morgan fingerprint density at radius 3 is 2.56 bits per heavy atom. The SMILES string of the molecule is FC(F)(F)c1cccc(C2=NCC(CCl)N(CCCl)c3ccc(Cl)cc32)c1. The molecule has 0 bridgehead atoms. The second-order valence-electron chi connectivity index (χ2n) is 6.12. The number of nitrogens with zero attached hydrogens (tertiary/aromatic N) is 2. The van der Waals surface area contributed by atoms with Crippen LogP contribution in [0, 0.1) is 0 Å². The Morgan fingerprint density at radius 2 is 1.89 bits per heavy atom. The quantitative estimate of drug-likeness (QED) is 0.549. The molecular weight excluding hydrogens is 420 g/mol. The number of halogens is 6. The molecule has 0 N–H and O–H groups in total. The molecule has 144 valence electrons. The summed E-state index contributed by atoms with van der Waals surface area (Å²) in [5.74, 6) is 0.701. The average molecular weight is 436 g/mol. The molecule has 0 spiro atoms. The molecule has 8 heteroatoms. The maximum absolute atomic E-state index is 13.2. The molecule has 1 atom stereocenters. The monoisotopic (exact) mass is 434 g/mol. The summed E-state index contributed by atoms with van der Waals surface area (Å²) in [5, 5.41) is 0.476. The van der Waals surface area contributed by atoms with E-state index in [0.717, 1.165) is 17.8 Å². The van der Waals surface area contributed by atoms with E-state index in [1.54, 1.807) is 18.2 Å². The van der Waals surface area contributed by atoms with Crippen molar-refractivity contribution in [2.75, 3.05) is 29.7 Å². The lowest BCUT2D eigenvalue weighted by Crippen LogP contribution is -2.40. The van der Waals surface area contributed by atoms with E-state index in [1.165, 1.54) is 6.07 Å². The van der Waals surface area contributed by atoms with Crippen LogP contribution in [0.25, 0.3) is 0 Å². The molecule has 2 nitrogen and oxygen atoms in total. The van der Waals surface area contributed by atoms with Gasteiger partial charge in [0.1, 0.15) is 0 Å². The molecule has 1 aliphatic rings. The predicted molar refractivity (Wildman–Crippen MR) is 106 cm³/mol. The second kappa shape index (κ2) is 8.29. The molecule has 0 saturated heterocycles. The first-order valence-electron chi connectivity index (χ1n) is 8.25. The summed E-state index contributed by atoms with van der Waals surface area (Å²) in [4.78, 5) is 6.64. The highest BCUT2D eigenvalue weighted by atomic mass is 35.5. The van der Waals surface area contributed by atoms with Crippen molar-refractivity contribution in [2.45, 2.75) is 12.2 Å². The molecule has 0 amide bonds. The van der Waals surface area contributed by atoms with Gasteiger partial charge in [0, 0.05) is 40.1 Å². The zero-order valence-electron chi connectivity index (χ0n) is 14.1. The van der Waals surface area contributed by atoms with Crippen LogP contribution in [0.5, 0.6) is 0 Å². The highest BCUT2D eigenvalue weighted by Gasteiger charge is 2.32. The van der Waals surface area contributed by atoms with Crippen LogP contribution in [0.4, 0.5) is 18.9 Å². The summed E-state index contributed by atoms with van der Waals surface area (Å²) in [7, 11) is 0. The van der Waals surface area contributed by atoms with Gasteiger partial charge in [-0.15, -0.1) is 23.2 Å². The van der Waals surface area contributed by atoms with Gasteiger partial charge in [0.15, 0.2) is 0 Å². The van der Waals surface area contributed by atoms with Crippen molar-refractivity contribution in [3.63, 3.8) is 0 Å². The first-order valence-corrected chi connectivity index (χ1v) is 9.70. The molecular formula is C19H16Cl3F3N2. The van der Waals surface area contributed by atoms with Gasteiger partial charge in [-0.1, -0.05) is 23.7 Å². The maximum atomic E-state index is 13.2. The van der Waals surface area contributed by atoms with Crippen LogP contribution in [0.2, 0.25) is 5.02 Å². The summed E-state index contributed by atoms with van der Waals surface area (Å²) in [6, 6.07) is 10.3. The highest BCUT2D eigenvalue weighted by molar-refractivity contribution is 6.31. The number of fused-ring (bicyclic) bond motifs is 1. The van der Waals surface area contributed by atoms with Gasteiger partial charge < -0.3 is 4.90 Å². The lowest BCUT2D eigenvalue weighted by Gasteiger charge is -2.31. The zero-order valence-corrected chi connectivity index (χ0v) is 16.4. The Hall–Kier alpha value is -1.43. The van der Waals surface area contributed by atoms with Gasteiger partial charge >= 0.3 is 6.18 Å². The van der Waals surface area contributed by atoms with E-state index in [4.69, 9.17) is 34.8 Å². The van der Waals surface area contributed by atoms with Crippen LogP contribution in [-0.4, -0.2) is 36.6 Å². The minimum Gasteiger partial charge on any atom is -0.364 e. The van der Waals surface area contributed by atoms with E-state index in [-0.39, 0.29) is 6.04 Å². The minimum absolute atomic E-state index is 0.117. The Kier molecular flexibility index (Phi) is 6.24. The standard InChI is InChI=1S/C19H16Cl3F3N2/c20-6-7-27-15(10-21)11-26-18(16-9-14(22)4-5-17(16)27)12-2-1-3-13(8-12)19(23,24)25/h1-5,8-9,15H,6-7,10-11H2. The Morgan fingerprint density at radius 1 is 1.11 bits per heavy atom. The number of anilines is 1. The molecule has 2 aromatic carbocycles. The van der Waals surface area contributed by atoms with E-state index >= 15 is 0 Å². The molecule has 0 radical (unpaired) electrons. The van der Waals surface area contributed by atoms with Gasteiger partial charge in [-0.2, -0.15) is 13.2 Å². The molecule has 27 heavy (non-hydrogen) atoms. The van der Waals surface area contributed by atoms with Crippen LogP contribution in [-0.2, 0) is 6.18 Å².